The van der Waals surface area contributed by atoms with Gasteiger partial charge in [-0.2, -0.15) is 0 Å². The minimum atomic E-state index is -0.440. The zero-order valence-electron chi connectivity index (χ0n) is 13.6. The average molecular weight is 256 g/mol. The van der Waals surface area contributed by atoms with E-state index in [1.165, 1.54) is 0 Å². The zero-order valence-corrected chi connectivity index (χ0v) is 13.6. The van der Waals surface area contributed by atoms with E-state index in [4.69, 9.17) is 4.74 Å². The van der Waals surface area contributed by atoms with E-state index in [1.54, 1.807) is 0 Å². The first-order valence-corrected chi connectivity index (χ1v) is 7.23. The van der Waals surface area contributed by atoms with Crippen LogP contribution in [-0.2, 0) is 9.53 Å². The number of rotatable bonds is 7. The number of hydrogen-bond acceptors (Lipinski definition) is 2. The summed E-state index contributed by atoms with van der Waals surface area (Å²) in [6.07, 6.45) is 3.16. The second kappa shape index (κ2) is 6.08. The number of carbonyl (C=O) groups is 1. The molecule has 0 N–H and O–H groups in total. The molecule has 108 valence electrons. The molecule has 0 amide bonds. The molecule has 0 radical (unpaired) electrons. The third-order valence-electron chi connectivity index (χ3n) is 4.90. The van der Waals surface area contributed by atoms with E-state index in [-0.39, 0.29) is 16.8 Å². The molecule has 0 aromatic carbocycles. The van der Waals surface area contributed by atoms with Crippen molar-refractivity contribution in [2.75, 3.05) is 6.61 Å². The Morgan fingerprint density at radius 2 is 1.44 bits per heavy atom. The van der Waals surface area contributed by atoms with Gasteiger partial charge in [-0.15, -0.1) is 0 Å². The van der Waals surface area contributed by atoms with Crippen molar-refractivity contribution in [3.05, 3.63) is 0 Å². The molecule has 2 nitrogen and oxygen atoms in total. The number of hydrogen-bond donors (Lipinski definition) is 0. The van der Waals surface area contributed by atoms with Crippen LogP contribution in [0.4, 0.5) is 0 Å². The van der Waals surface area contributed by atoms with Crippen molar-refractivity contribution in [1.29, 1.82) is 0 Å². The van der Waals surface area contributed by atoms with Crippen molar-refractivity contribution >= 4 is 5.97 Å². The molecule has 0 bridgehead atoms. The monoisotopic (exact) mass is 256 g/mol. The van der Waals surface area contributed by atoms with Crippen LogP contribution in [0.25, 0.3) is 0 Å². The molecule has 2 heteroatoms. The Balaban J connectivity index is 5.19. The van der Waals surface area contributed by atoms with E-state index in [1.807, 2.05) is 20.8 Å². The highest BCUT2D eigenvalue weighted by atomic mass is 16.5. The molecule has 0 heterocycles. The largest absolute Gasteiger partial charge is 0.466 e. The summed E-state index contributed by atoms with van der Waals surface area (Å²) >= 11 is 0. The van der Waals surface area contributed by atoms with Crippen molar-refractivity contribution in [1.82, 2.24) is 0 Å². The minimum absolute atomic E-state index is 0.0290. The van der Waals surface area contributed by atoms with Crippen molar-refractivity contribution in [3.8, 4) is 0 Å². The second-order valence-electron chi connectivity index (χ2n) is 6.95. The molecule has 0 aromatic rings. The van der Waals surface area contributed by atoms with E-state index in [0.717, 1.165) is 19.3 Å². The van der Waals surface area contributed by atoms with Gasteiger partial charge >= 0.3 is 5.97 Å². The smallest absolute Gasteiger partial charge is 0.312 e. The molecule has 0 spiro atoms. The van der Waals surface area contributed by atoms with Gasteiger partial charge in [0.15, 0.2) is 0 Å². The molecule has 0 rings (SSSR count). The predicted octanol–water partition coefficient (Wildman–Crippen LogP) is 4.82. The van der Waals surface area contributed by atoms with Crippen LogP contribution in [0, 0.1) is 16.2 Å². The fourth-order valence-corrected chi connectivity index (χ4v) is 2.53. The minimum Gasteiger partial charge on any atom is -0.466 e. The Labute approximate surface area is 113 Å². The molecule has 0 aliphatic heterocycles. The van der Waals surface area contributed by atoms with Gasteiger partial charge in [0.25, 0.3) is 0 Å². The zero-order chi connectivity index (χ0) is 14.6. The highest BCUT2D eigenvalue weighted by molar-refractivity contribution is 5.77. The molecular formula is C16H32O2. The highest BCUT2D eigenvalue weighted by Gasteiger charge is 2.48. The van der Waals surface area contributed by atoms with Gasteiger partial charge < -0.3 is 4.74 Å². The Hall–Kier alpha value is -0.530. The van der Waals surface area contributed by atoms with Gasteiger partial charge in [-0.1, -0.05) is 41.0 Å². The lowest BCUT2D eigenvalue weighted by molar-refractivity contribution is -0.163. The van der Waals surface area contributed by atoms with Crippen LogP contribution in [0.5, 0.6) is 0 Å². The van der Waals surface area contributed by atoms with Gasteiger partial charge in [-0.3, -0.25) is 4.79 Å². The van der Waals surface area contributed by atoms with Crippen molar-refractivity contribution in [3.63, 3.8) is 0 Å². The van der Waals surface area contributed by atoms with Crippen molar-refractivity contribution < 1.29 is 9.53 Å². The first-order chi connectivity index (χ1) is 8.06. The van der Waals surface area contributed by atoms with Gasteiger partial charge in [-0.05, 0) is 44.4 Å². The molecule has 0 aliphatic rings. The lowest BCUT2D eigenvalue weighted by Gasteiger charge is -2.46. The van der Waals surface area contributed by atoms with E-state index in [0.29, 0.717) is 6.61 Å². The van der Waals surface area contributed by atoms with Gasteiger partial charge in [-0.25, -0.2) is 0 Å². The Morgan fingerprint density at radius 3 is 1.78 bits per heavy atom. The Kier molecular flexibility index (Phi) is 5.90. The third kappa shape index (κ3) is 3.73. The van der Waals surface area contributed by atoms with Crippen LogP contribution in [-0.4, -0.2) is 12.6 Å². The Morgan fingerprint density at radius 1 is 0.944 bits per heavy atom. The van der Waals surface area contributed by atoms with Crippen LogP contribution >= 0.6 is 0 Å². The van der Waals surface area contributed by atoms with Crippen molar-refractivity contribution in [2.24, 2.45) is 16.2 Å². The number of carbonyl (C=O) groups excluding carboxylic acids is 1. The summed E-state index contributed by atoms with van der Waals surface area (Å²) in [5.41, 5.74) is -0.211. The summed E-state index contributed by atoms with van der Waals surface area (Å²) in [6.45, 7) is 17.6. The fourth-order valence-electron chi connectivity index (χ4n) is 2.53. The maximum absolute atomic E-state index is 12.2. The third-order valence-corrected chi connectivity index (χ3v) is 4.90. The Bertz CT molecular complexity index is 279. The van der Waals surface area contributed by atoms with E-state index in [2.05, 4.69) is 34.6 Å². The molecule has 0 fully saturated rings. The summed E-state index contributed by atoms with van der Waals surface area (Å²) in [7, 11) is 0. The summed E-state index contributed by atoms with van der Waals surface area (Å²) in [5.74, 6) is -0.0683. The van der Waals surface area contributed by atoms with Gasteiger partial charge in [0.1, 0.15) is 0 Å². The summed E-state index contributed by atoms with van der Waals surface area (Å²) < 4.78 is 5.26. The molecule has 0 saturated heterocycles. The first kappa shape index (κ1) is 17.5. The second-order valence-corrected chi connectivity index (χ2v) is 6.95. The average Bonchev–Trinajstić information content (AvgIpc) is 2.28. The highest BCUT2D eigenvalue weighted by Crippen LogP contribution is 2.50. The van der Waals surface area contributed by atoms with E-state index in [9.17, 15) is 4.79 Å². The van der Waals surface area contributed by atoms with Crippen LogP contribution in [0.3, 0.4) is 0 Å². The standard InChI is InChI=1S/C16H32O2/c1-9-14(4,5)12-16(8,10-2)15(6,7)13(17)18-11-3/h9-12H2,1-8H3/t16-/m1/s1. The first-order valence-electron chi connectivity index (χ1n) is 7.23. The fraction of sp³-hybridized carbons (Fsp3) is 0.938. The van der Waals surface area contributed by atoms with Gasteiger partial charge in [0.05, 0.1) is 12.0 Å². The topological polar surface area (TPSA) is 26.3 Å². The molecule has 0 aliphatic carbocycles. The molecule has 0 aromatic heterocycles. The van der Waals surface area contributed by atoms with Crippen molar-refractivity contribution in [2.45, 2.75) is 74.7 Å². The van der Waals surface area contributed by atoms with E-state index >= 15 is 0 Å². The quantitative estimate of drug-likeness (QED) is 0.610. The molecule has 18 heavy (non-hydrogen) atoms. The van der Waals surface area contributed by atoms with Crippen LogP contribution < -0.4 is 0 Å². The van der Waals surface area contributed by atoms with Gasteiger partial charge in [0.2, 0.25) is 0 Å². The summed E-state index contributed by atoms with van der Waals surface area (Å²) in [6, 6.07) is 0. The van der Waals surface area contributed by atoms with Crippen LogP contribution in [0.15, 0.2) is 0 Å². The lowest BCUT2D eigenvalue weighted by Crippen LogP contribution is -2.44. The summed E-state index contributed by atoms with van der Waals surface area (Å²) in [4.78, 5) is 12.2. The van der Waals surface area contributed by atoms with Crippen LogP contribution in [0.2, 0.25) is 0 Å². The number of ether oxygens (including phenoxy) is 1. The molecule has 0 unspecified atom stereocenters. The predicted molar refractivity (Wildman–Crippen MR) is 77.5 cm³/mol. The lowest BCUT2D eigenvalue weighted by atomic mass is 9.58. The molecule has 0 saturated carbocycles. The van der Waals surface area contributed by atoms with E-state index < -0.39 is 5.41 Å². The molecule has 1 atom stereocenters. The van der Waals surface area contributed by atoms with Crippen LogP contribution in [0.1, 0.15) is 74.7 Å². The maximum atomic E-state index is 12.2. The normalized spacial score (nSPS) is 16.2. The molecular weight excluding hydrogens is 224 g/mol. The summed E-state index contributed by atoms with van der Waals surface area (Å²) in [5, 5.41) is 0. The van der Waals surface area contributed by atoms with Gasteiger partial charge in [0, 0.05) is 0 Å². The number of esters is 1. The SMILES string of the molecule is CCOC(=O)C(C)(C)[C@](C)(CC)CC(C)(C)CC. The maximum Gasteiger partial charge on any atom is 0.312 e.